The van der Waals surface area contributed by atoms with Crippen LogP contribution in [0.3, 0.4) is 0 Å². The molecule has 110 valence electrons. The lowest BCUT2D eigenvalue weighted by Crippen LogP contribution is -2.58. The first-order chi connectivity index (χ1) is 9.36. The van der Waals surface area contributed by atoms with E-state index in [1.807, 2.05) is 27.7 Å². The highest BCUT2D eigenvalue weighted by atomic mass is 16.2. The number of imide groups is 1. The Labute approximate surface area is 118 Å². The molecule has 2 amide bonds. The Balaban J connectivity index is 2.52. The van der Waals surface area contributed by atoms with Crippen LogP contribution in [0.25, 0.3) is 0 Å². The minimum Gasteiger partial charge on any atom is -0.394 e. The molecule has 7 nitrogen and oxygen atoms in total. The monoisotopic (exact) mass is 279 g/mol. The predicted molar refractivity (Wildman–Crippen MR) is 76.3 cm³/mol. The van der Waals surface area contributed by atoms with Gasteiger partial charge in [-0.25, -0.2) is 4.68 Å². The number of piperazine rings is 1. The number of nitrogen functional groups attached to an aromatic ring is 1. The van der Waals surface area contributed by atoms with Gasteiger partial charge in [0.15, 0.2) is 5.82 Å². The van der Waals surface area contributed by atoms with E-state index in [1.165, 1.54) is 0 Å². The van der Waals surface area contributed by atoms with E-state index >= 15 is 0 Å². The van der Waals surface area contributed by atoms with Gasteiger partial charge < -0.3 is 10.6 Å². The van der Waals surface area contributed by atoms with Crippen LogP contribution >= 0.6 is 0 Å². The number of hydrogen-bond acceptors (Lipinski definition) is 5. The minimum absolute atomic E-state index is 0.0959. The van der Waals surface area contributed by atoms with Crippen LogP contribution in [0.5, 0.6) is 0 Å². The second kappa shape index (κ2) is 5.15. The fourth-order valence-electron chi connectivity index (χ4n) is 2.49. The number of carbonyl (C=O) groups is 2. The lowest BCUT2D eigenvalue weighted by Gasteiger charge is -2.35. The molecule has 1 aromatic heterocycles. The van der Waals surface area contributed by atoms with Crippen LogP contribution in [0.15, 0.2) is 0 Å². The third-order valence-corrected chi connectivity index (χ3v) is 3.51. The molecule has 20 heavy (non-hydrogen) atoms. The molecular weight excluding hydrogens is 258 g/mol. The van der Waals surface area contributed by atoms with Crippen LogP contribution in [0, 0.1) is 6.92 Å². The third-order valence-electron chi connectivity index (χ3n) is 3.51. The summed E-state index contributed by atoms with van der Waals surface area (Å²) in [4.78, 5) is 25.4. The fourth-order valence-corrected chi connectivity index (χ4v) is 2.49. The van der Waals surface area contributed by atoms with E-state index in [9.17, 15) is 9.59 Å². The number of aryl methyl sites for hydroxylation is 1. The molecule has 2 heterocycles. The molecule has 0 aliphatic carbocycles. The van der Waals surface area contributed by atoms with Crippen molar-refractivity contribution in [3.63, 3.8) is 0 Å². The summed E-state index contributed by atoms with van der Waals surface area (Å²) in [5.41, 5.74) is 7.35. The molecule has 1 aliphatic rings. The van der Waals surface area contributed by atoms with Crippen molar-refractivity contribution in [2.24, 2.45) is 0 Å². The molecule has 1 atom stereocenters. The van der Waals surface area contributed by atoms with Gasteiger partial charge in [0, 0.05) is 6.04 Å². The number of aromatic nitrogens is 2. The third kappa shape index (κ3) is 2.23. The summed E-state index contributed by atoms with van der Waals surface area (Å²) in [6.45, 7) is 7.83. The van der Waals surface area contributed by atoms with Crippen LogP contribution in [-0.2, 0) is 9.59 Å². The quantitative estimate of drug-likeness (QED) is 0.790. The number of amides is 2. The molecule has 0 spiro atoms. The summed E-state index contributed by atoms with van der Waals surface area (Å²) in [7, 11) is 0. The Kier molecular flexibility index (Phi) is 3.69. The standard InChI is InChI=1S/C13H21N5O2/c1-5-9-12(20)15-10(19)6-17(9)13-11(14)8(4)16-18(13)7(2)3/h7,9H,5-6,14H2,1-4H3,(H,15,19,20). The van der Waals surface area contributed by atoms with Crippen molar-refractivity contribution < 1.29 is 9.59 Å². The SMILES string of the molecule is CCC1C(=O)NC(=O)CN1c1c(N)c(C)nn1C(C)C. The molecule has 0 saturated carbocycles. The molecular formula is C13H21N5O2. The second-order valence-electron chi connectivity index (χ2n) is 5.33. The highest BCUT2D eigenvalue weighted by Gasteiger charge is 2.36. The second-order valence-corrected chi connectivity index (χ2v) is 5.33. The molecule has 2 rings (SSSR count). The fraction of sp³-hybridized carbons (Fsp3) is 0.615. The van der Waals surface area contributed by atoms with Crippen molar-refractivity contribution in [1.29, 1.82) is 0 Å². The smallest absolute Gasteiger partial charge is 0.249 e. The summed E-state index contributed by atoms with van der Waals surface area (Å²) < 4.78 is 1.78. The molecule has 7 heteroatoms. The van der Waals surface area contributed by atoms with E-state index in [1.54, 1.807) is 9.58 Å². The van der Waals surface area contributed by atoms with Gasteiger partial charge >= 0.3 is 0 Å². The zero-order valence-corrected chi connectivity index (χ0v) is 12.3. The van der Waals surface area contributed by atoms with Crippen LogP contribution in [-0.4, -0.2) is 34.2 Å². The highest BCUT2D eigenvalue weighted by Crippen LogP contribution is 2.32. The van der Waals surface area contributed by atoms with Crippen molar-refractivity contribution in [3.8, 4) is 0 Å². The summed E-state index contributed by atoms with van der Waals surface area (Å²) in [6, 6.07) is -0.304. The van der Waals surface area contributed by atoms with Gasteiger partial charge in [0.2, 0.25) is 11.8 Å². The Bertz CT molecular complexity index is 549. The normalized spacial score (nSPS) is 19.6. The molecule has 1 unspecified atom stereocenters. The first-order valence-corrected chi connectivity index (χ1v) is 6.81. The number of nitrogens with zero attached hydrogens (tertiary/aromatic N) is 3. The molecule has 3 N–H and O–H groups in total. The van der Waals surface area contributed by atoms with Gasteiger partial charge in [-0.15, -0.1) is 0 Å². The zero-order chi connectivity index (χ0) is 15.0. The minimum atomic E-state index is -0.399. The van der Waals surface area contributed by atoms with E-state index in [0.717, 1.165) is 0 Å². The lowest BCUT2D eigenvalue weighted by molar-refractivity contribution is -0.133. The van der Waals surface area contributed by atoms with Crippen molar-refractivity contribution in [2.45, 2.75) is 46.2 Å². The molecule has 1 fully saturated rings. The largest absolute Gasteiger partial charge is 0.394 e. The maximum absolute atomic E-state index is 12.0. The van der Waals surface area contributed by atoms with Gasteiger partial charge in [0.25, 0.3) is 0 Å². The van der Waals surface area contributed by atoms with Gasteiger partial charge in [-0.1, -0.05) is 6.92 Å². The van der Waals surface area contributed by atoms with Crippen LogP contribution < -0.4 is 16.0 Å². The van der Waals surface area contributed by atoms with Crippen molar-refractivity contribution in [2.75, 3.05) is 17.2 Å². The van der Waals surface area contributed by atoms with E-state index in [2.05, 4.69) is 10.4 Å². The summed E-state index contributed by atoms with van der Waals surface area (Å²) >= 11 is 0. The van der Waals surface area contributed by atoms with Crippen LogP contribution in [0.2, 0.25) is 0 Å². The number of anilines is 2. The Morgan fingerprint density at radius 1 is 1.45 bits per heavy atom. The maximum atomic E-state index is 12.0. The van der Waals surface area contributed by atoms with Gasteiger partial charge in [0.1, 0.15) is 6.04 Å². The molecule has 1 aliphatic heterocycles. The lowest BCUT2D eigenvalue weighted by atomic mass is 10.1. The van der Waals surface area contributed by atoms with Gasteiger partial charge in [-0.2, -0.15) is 5.10 Å². The first-order valence-electron chi connectivity index (χ1n) is 6.81. The van der Waals surface area contributed by atoms with E-state index in [4.69, 9.17) is 5.73 Å². The summed E-state index contributed by atoms with van der Waals surface area (Å²) in [6.07, 6.45) is 0.598. The highest BCUT2D eigenvalue weighted by molar-refractivity contribution is 6.05. The Morgan fingerprint density at radius 3 is 2.65 bits per heavy atom. The zero-order valence-electron chi connectivity index (χ0n) is 12.3. The van der Waals surface area contributed by atoms with Gasteiger partial charge in [-0.05, 0) is 27.2 Å². The number of carbonyl (C=O) groups excluding carboxylic acids is 2. The summed E-state index contributed by atoms with van der Waals surface area (Å²) in [5.74, 6) is 0.0677. The van der Waals surface area contributed by atoms with Crippen molar-refractivity contribution >= 4 is 23.3 Å². The van der Waals surface area contributed by atoms with E-state index in [-0.39, 0.29) is 24.4 Å². The van der Waals surface area contributed by atoms with E-state index < -0.39 is 6.04 Å². The molecule has 0 aromatic carbocycles. The molecule has 0 bridgehead atoms. The first kappa shape index (κ1) is 14.4. The number of rotatable bonds is 3. The average molecular weight is 279 g/mol. The number of nitrogens with two attached hydrogens (primary N) is 1. The van der Waals surface area contributed by atoms with Crippen LogP contribution in [0.1, 0.15) is 38.9 Å². The maximum Gasteiger partial charge on any atom is 0.249 e. The number of nitrogens with one attached hydrogen (secondary N) is 1. The van der Waals surface area contributed by atoms with Crippen LogP contribution in [0.4, 0.5) is 11.5 Å². The van der Waals surface area contributed by atoms with Crippen molar-refractivity contribution in [3.05, 3.63) is 5.69 Å². The number of hydrogen-bond donors (Lipinski definition) is 2. The van der Waals surface area contributed by atoms with Gasteiger partial charge in [0.05, 0.1) is 17.9 Å². The van der Waals surface area contributed by atoms with E-state index in [0.29, 0.717) is 23.6 Å². The Morgan fingerprint density at radius 2 is 2.10 bits per heavy atom. The molecule has 1 saturated heterocycles. The molecule has 0 radical (unpaired) electrons. The Hall–Kier alpha value is -2.05. The summed E-state index contributed by atoms with van der Waals surface area (Å²) in [5, 5.41) is 6.78. The topological polar surface area (TPSA) is 93.2 Å². The van der Waals surface area contributed by atoms with Gasteiger partial charge in [-0.3, -0.25) is 14.9 Å². The predicted octanol–water partition coefficient (Wildman–Crippen LogP) is 0.596. The average Bonchev–Trinajstić information content (AvgIpc) is 2.65. The molecule has 1 aromatic rings. The van der Waals surface area contributed by atoms with Crippen molar-refractivity contribution in [1.82, 2.24) is 15.1 Å².